The molecule has 154 valence electrons. The number of carbonyl (C=O) groups excluding carboxylic acids is 2. The maximum absolute atomic E-state index is 16.9. The maximum atomic E-state index is 16.9. The first kappa shape index (κ1) is 19.9. The molecule has 0 aliphatic heterocycles. The molecular formula is C22H30FNO4. The average molecular weight is 391 g/mol. The predicted molar refractivity (Wildman–Crippen MR) is 102 cm³/mol. The number of aliphatic hydroxyl groups is 2. The lowest BCUT2D eigenvalue weighted by Crippen LogP contribution is -2.69. The molecule has 0 aromatic rings. The van der Waals surface area contributed by atoms with Crippen molar-refractivity contribution >= 4 is 11.6 Å². The van der Waals surface area contributed by atoms with Crippen molar-refractivity contribution in [2.75, 3.05) is 6.54 Å². The Balaban J connectivity index is 1.84. The molecule has 0 amide bonds. The largest absolute Gasteiger partial charge is 0.390 e. The molecule has 0 radical (unpaired) electrons. The summed E-state index contributed by atoms with van der Waals surface area (Å²) >= 11 is 0. The Labute approximate surface area is 164 Å². The van der Waals surface area contributed by atoms with Gasteiger partial charge >= 0.3 is 0 Å². The molecule has 4 N–H and O–H groups in total. The van der Waals surface area contributed by atoms with Gasteiger partial charge in [-0.05, 0) is 56.6 Å². The maximum Gasteiger partial charge on any atom is 0.178 e. The van der Waals surface area contributed by atoms with Crippen LogP contribution in [-0.2, 0) is 9.59 Å². The third-order valence-corrected chi connectivity index (χ3v) is 8.83. The first-order valence-corrected chi connectivity index (χ1v) is 10.2. The molecular weight excluding hydrogens is 361 g/mol. The fourth-order valence-corrected chi connectivity index (χ4v) is 7.30. The van der Waals surface area contributed by atoms with Crippen LogP contribution in [0.3, 0.4) is 0 Å². The summed E-state index contributed by atoms with van der Waals surface area (Å²) in [6.07, 6.45) is 4.70. The van der Waals surface area contributed by atoms with Crippen LogP contribution in [0.5, 0.6) is 0 Å². The van der Waals surface area contributed by atoms with Crippen LogP contribution in [0.2, 0.25) is 0 Å². The number of rotatable bonds is 2. The van der Waals surface area contributed by atoms with Gasteiger partial charge in [-0.2, -0.15) is 0 Å². The number of nitrogens with two attached hydrogens (primary N) is 1. The highest BCUT2D eigenvalue weighted by Gasteiger charge is 2.75. The third kappa shape index (κ3) is 2.01. The Hall–Kier alpha value is -1.37. The molecule has 8 atom stereocenters. The number of fused-ring (bicyclic) bond motifs is 5. The highest BCUT2D eigenvalue weighted by atomic mass is 19.1. The second-order valence-corrected chi connectivity index (χ2v) is 9.80. The molecule has 4 rings (SSSR count). The average Bonchev–Trinajstić information content (AvgIpc) is 2.84. The Morgan fingerprint density at radius 1 is 1.36 bits per heavy atom. The fraction of sp³-hybridized carbons (Fsp3) is 0.727. The van der Waals surface area contributed by atoms with Crippen LogP contribution in [0.25, 0.3) is 0 Å². The van der Waals surface area contributed by atoms with Gasteiger partial charge < -0.3 is 15.9 Å². The third-order valence-electron chi connectivity index (χ3n) is 8.83. The molecule has 28 heavy (non-hydrogen) atoms. The van der Waals surface area contributed by atoms with Crippen molar-refractivity contribution in [1.82, 2.24) is 0 Å². The second kappa shape index (κ2) is 5.83. The summed E-state index contributed by atoms with van der Waals surface area (Å²) in [6.45, 7) is 5.11. The molecule has 0 unspecified atom stereocenters. The normalized spacial score (nSPS) is 52.5. The van der Waals surface area contributed by atoms with E-state index in [1.54, 1.807) is 13.0 Å². The van der Waals surface area contributed by atoms with Gasteiger partial charge in [-0.3, -0.25) is 9.59 Å². The number of allylic oxidation sites excluding steroid dienone is 4. The number of aliphatic hydroxyl groups excluding tert-OH is 1. The van der Waals surface area contributed by atoms with Crippen molar-refractivity contribution < 1.29 is 24.2 Å². The van der Waals surface area contributed by atoms with E-state index in [9.17, 15) is 19.8 Å². The fourth-order valence-electron chi connectivity index (χ4n) is 7.30. The summed E-state index contributed by atoms with van der Waals surface area (Å²) < 4.78 is 16.9. The van der Waals surface area contributed by atoms with Crippen LogP contribution < -0.4 is 5.73 Å². The summed E-state index contributed by atoms with van der Waals surface area (Å²) in [5.41, 5.74) is 0.711. The summed E-state index contributed by atoms with van der Waals surface area (Å²) in [7, 11) is 0. The van der Waals surface area contributed by atoms with Gasteiger partial charge in [-0.15, -0.1) is 0 Å². The molecule has 0 heterocycles. The molecule has 0 aromatic heterocycles. The van der Waals surface area contributed by atoms with Crippen LogP contribution in [0.15, 0.2) is 23.8 Å². The van der Waals surface area contributed by atoms with Gasteiger partial charge in [0.05, 0.1) is 12.6 Å². The zero-order valence-electron chi connectivity index (χ0n) is 16.7. The highest BCUT2D eigenvalue weighted by molar-refractivity contribution is 6.01. The van der Waals surface area contributed by atoms with Gasteiger partial charge in [-0.25, -0.2) is 4.39 Å². The van der Waals surface area contributed by atoms with Crippen molar-refractivity contribution in [3.8, 4) is 0 Å². The van der Waals surface area contributed by atoms with Crippen LogP contribution in [0, 0.1) is 28.6 Å². The molecule has 0 bridgehead atoms. The van der Waals surface area contributed by atoms with Gasteiger partial charge in [0.2, 0.25) is 0 Å². The van der Waals surface area contributed by atoms with Crippen molar-refractivity contribution in [2.45, 2.75) is 63.8 Å². The van der Waals surface area contributed by atoms with Crippen molar-refractivity contribution in [3.63, 3.8) is 0 Å². The Morgan fingerprint density at radius 2 is 2.04 bits per heavy atom. The summed E-state index contributed by atoms with van der Waals surface area (Å²) in [5, 5.41) is 22.6. The van der Waals surface area contributed by atoms with Gasteiger partial charge in [0.15, 0.2) is 17.2 Å². The lowest BCUT2D eigenvalue weighted by molar-refractivity contribution is -0.218. The van der Waals surface area contributed by atoms with Crippen molar-refractivity contribution in [3.05, 3.63) is 23.8 Å². The number of hydrogen-bond donors (Lipinski definition) is 3. The van der Waals surface area contributed by atoms with Crippen LogP contribution >= 0.6 is 0 Å². The number of Topliss-reactive ketones (excluding diaryl/α,β-unsaturated/α-hetero) is 1. The quantitative estimate of drug-likeness (QED) is 0.667. The first-order valence-electron chi connectivity index (χ1n) is 10.2. The SMILES string of the molecule is C[C@H]1C[C@@H]2[C@H]3CCC4=CC(=O)C=C[C@]4(C)[C@]3(F)[C@@H](O)C[C@]2(C)[C@]1(O)C(=O)CN. The monoisotopic (exact) mass is 391 g/mol. The summed E-state index contributed by atoms with van der Waals surface area (Å²) in [6, 6.07) is 0. The molecule has 3 saturated carbocycles. The van der Waals surface area contributed by atoms with E-state index in [0.717, 1.165) is 5.57 Å². The van der Waals surface area contributed by atoms with Gasteiger partial charge in [-0.1, -0.05) is 25.5 Å². The molecule has 3 fully saturated rings. The Morgan fingerprint density at radius 3 is 2.68 bits per heavy atom. The van der Waals surface area contributed by atoms with E-state index in [4.69, 9.17) is 5.73 Å². The smallest absolute Gasteiger partial charge is 0.178 e. The molecule has 0 aromatic carbocycles. The van der Waals surface area contributed by atoms with E-state index < -0.39 is 39.9 Å². The molecule has 0 spiro atoms. The second-order valence-electron chi connectivity index (χ2n) is 9.80. The lowest BCUT2D eigenvalue weighted by Gasteiger charge is -2.62. The minimum absolute atomic E-state index is 0.0120. The number of ketones is 2. The number of hydrogen-bond acceptors (Lipinski definition) is 5. The Bertz CT molecular complexity index is 808. The number of carbonyl (C=O) groups is 2. The van der Waals surface area contributed by atoms with Crippen LogP contribution in [0.4, 0.5) is 4.39 Å². The Kier molecular flexibility index (Phi) is 4.15. The van der Waals surface area contributed by atoms with E-state index >= 15 is 4.39 Å². The molecule has 6 heteroatoms. The molecule has 0 saturated heterocycles. The van der Waals surface area contributed by atoms with Gasteiger partial charge in [0.1, 0.15) is 5.60 Å². The summed E-state index contributed by atoms with van der Waals surface area (Å²) in [4.78, 5) is 24.5. The van der Waals surface area contributed by atoms with E-state index in [-0.39, 0.29) is 30.6 Å². The van der Waals surface area contributed by atoms with Gasteiger partial charge in [0, 0.05) is 16.7 Å². The number of alkyl halides is 1. The van der Waals surface area contributed by atoms with E-state index in [0.29, 0.717) is 19.3 Å². The minimum atomic E-state index is -1.95. The standard InChI is InChI=1S/C22H30FNO4/c1-12-8-16-15-5-4-13-9-14(25)6-7-19(13,2)21(15,23)17(26)10-20(16,3)22(12,28)18(27)11-24/h6-7,9,12,15-17,26,28H,4-5,8,10-11,24H2,1-3H3/t12-,15+,16+,17-,19-,20-,21+,22+/m0/s1. The molecule has 5 nitrogen and oxygen atoms in total. The van der Waals surface area contributed by atoms with E-state index in [1.165, 1.54) is 12.2 Å². The highest BCUT2D eigenvalue weighted by Crippen LogP contribution is 2.70. The zero-order valence-corrected chi connectivity index (χ0v) is 16.7. The van der Waals surface area contributed by atoms with E-state index in [1.807, 2.05) is 13.8 Å². The van der Waals surface area contributed by atoms with Crippen molar-refractivity contribution in [2.24, 2.45) is 34.3 Å². The van der Waals surface area contributed by atoms with E-state index in [2.05, 4.69) is 0 Å². The molecule has 4 aliphatic carbocycles. The number of halogens is 1. The topological polar surface area (TPSA) is 101 Å². The first-order chi connectivity index (χ1) is 13.0. The predicted octanol–water partition coefficient (Wildman–Crippen LogP) is 1.86. The van der Waals surface area contributed by atoms with Crippen molar-refractivity contribution in [1.29, 1.82) is 0 Å². The van der Waals surface area contributed by atoms with Crippen LogP contribution in [0.1, 0.15) is 46.5 Å². The van der Waals surface area contributed by atoms with Crippen LogP contribution in [-0.4, -0.2) is 45.7 Å². The summed E-state index contributed by atoms with van der Waals surface area (Å²) in [5.74, 6) is -1.71. The van der Waals surface area contributed by atoms with Gasteiger partial charge in [0.25, 0.3) is 0 Å². The molecule has 4 aliphatic rings. The zero-order chi connectivity index (χ0) is 20.7. The minimum Gasteiger partial charge on any atom is -0.390 e. The lowest BCUT2D eigenvalue weighted by atomic mass is 9.44.